The van der Waals surface area contributed by atoms with Crippen LogP contribution >= 0.6 is 0 Å². The first-order chi connectivity index (χ1) is 8.95. The first-order valence-corrected chi connectivity index (χ1v) is 6.76. The molecule has 1 aromatic rings. The summed E-state index contributed by atoms with van der Waals surface area (Å²) < 4.78 is 0. The second-order valence-corrected chi connectivity index (χ2v) is 5.82. The molecule has 0 fully saturated rings. The molecule has 1 heterocycles. The number of carbonyl (C=O) groups is 1. The minimum atomic E-state index is 0.0361. The number of amides is 1. The van der Waals surface area contributed by atoms with Gasteiger partial charge in [-0.15, -0.1) is 0 Å². The minimum Gasteiger partial charge on any atom is -0.329 e. The molecule has 3 N–H and O–H groups in total. The first kappa shape index (κ1) is 14.0. The van der Waals surface area contributed by atoms with E-state index in [1.165, 1.54) is 5.56 Å². The number of rotatable bonds is 5. The van der Waals surface area contributed by atoms with Gasteiger partial charge < -0.3 is 16.0 Å². The number of hydrogen-bond acceptors (Lipinski definition) is 3. The molecule has 0 aliphatic carbocycles. The van der Waals surface area contributed by atoms with Crippen LogP contribution in [0.2, 0.25) is 0 Å². The maximum atomic E-state index is 11.7. The average molecular weight is 261 g/mol. The third kappa shape index (κ3) is 2.80. The van der Waals surface area contributed by atoms with Gasteiger partial charge in [-0.2, -0.15) is 0 Å². The molecule has 104 valence electrons. The maximum Gasteiger partial charge on any atom is 0.231 e. The molecule has 1 aromatic carbocycles. The lowest BCUT2D eigenvalue weighted by atomic mass is 9.83. The fourth-order valence-electron chi connectivity index (χ4n) is 2.50. The minimum absolute atomic E-state index is 0.0361. The molecule has 1 aliphatic heterocycles. The van der Waals surface area contributed by atoms with Crippen LogP contribution in [0.25, 0.3) is 0 Å². The topological polar surface area (TPSA) is 58.4 Å². The van der Waals surface area contributed by atoms with Gasteiger partial charge >= 0.3 is 0 Å². The van der Waals surface area contributed by atoms with Gasteiger partial charge in [0.2, 0.25) is 5.91 Å². The van der Waals surface area contributed by atoms with Gasteiger partial charge in [0.1, 0.15) is 0 Å². The predicted molar refractivity (Wildman–Crippen MR) is 78.5 cm³/mol. The van der Waals surface area contributed by atoms with E-state index >= 15 is 0 Å². The molecule has 2 rings (SSSR count). The summed E-state index contributed by atoms with van der Waals surface area (Å²) in [4.78, 5) is 13.4. The molecule has 0 atom stereocenters. The number of likely N-dealkylation sites (N-methyl/N-ethyl adjacent to an activating group) is 1. The normalized spacial score (nSPS) is 14.9. The predicted octanol–water partition coefficient (Wildman–Crippen LogP) is 1.03. The van der Waals surface area contributed by atoms with E-state index in [-0.39, 0.29) is 11.3 Å². The summed E-state index contributed by atoms with van der Waals surface area (Å²) in [5.74, 6) is 0.172. The standard InChI is InChI=1S/C15H23N3O/c1-15(2,10-17-7-6-16)12-4-5-13-11(8-12)9-14(19)18(13)3/h4-5,8,17H,6-7,9-10,16H2,1-3H3. The first-order valence-electron chi connectivity index (χ1n) is 6.76. The third-order valence-electron chi connectivity index (χ3n) is 3.83. The number of fused-ring (bicyclic) bond motifs is 1. The van der Waals surface area contributed by atoms with E-state index in [1.807, 2.05) is 7.05 Å². The summed E-state index contributed by atoms with van der Waals surface area (Å²) in [5, 5.41) is 3.36. The Hall–Kier alpha value is -1.39. The lowest BCUT2D eigenvalue weighted by molar-refractivity contribution is -0.117. The SMILES string of the molecule is CN1C(=O)Cc2cc(C(C)(C)CNCCN)ccc21. The Kier molecular flexibility index (Phi) is 3.92. The van der Waals surface area contributed by atoms with Gasteiger partial charge in [-0.3, -0.25) is 4.79 Å². The molecule has 0 radical (unpaired) electrons. The highest BCUT2D eigenvalue weighted by atomic mass is 16.2. The Morgan fingerprint density at radius 2 is 2.16 bits per heavy atom. The van der Waals surface area contributed by atoms with Crippen molar-refractivity contribution in [1.29, 1.82) is 0 Å². The van der Waals surface area contributed by atoms with Gasteiger partial charge in [-0.25, -0.2) is 0 Å². The second kappa shape index (κ2) is 5.31. The summed E-state index contributed by atoms with van der Waals surface area (Å²) in [6.45, 7) is 6.78. The highest BCUT2D eigenvalue weighted by Gasteiger charge is 2.27. The van der Waals surface area contributed by atoms with Crippen molar-refractivity contribution in [3.8, 4) is 0 Å². The van der Waals surface area contributed by atoms with Crippen molar-refractivity contribution < 1.29 is 4.79 Å². The number of nitrogens with one attached hydrogen (secondary N) is 1. The highest BCUT2D eigenvalue weighted by Crippen LogP contribution is 2.32. The monoisotopic (exact) mass is 261 g/mol. The molecule has 0 unspecified atom stereocenters. The smallest absolute Gasteiger partial charge is 0.231 e. The fourth-order valence-corrected chi connectivity index (χ4v) is 2.50. The molecule has 1 aliphatic rings. The lowest BCUT2D eigenvalue weighted by Crippen LogP contribution is -2.35. The van der Waals surface area contributed by atoms with E-state index in [1.54, 1.807) is 4.90 Å². The van der Waals surface area contributed by atoms with Crippen LogP contribution in [0.1, 0.15) is 25.0 Å². The lowest BCUT2D eigenvalue weighted by Gasteiger charge is -2.26. The Bertz CT molecular complexity index is 482. The van der Waals surface area contributed by atoms with Gasteiger partial charge in [-0.1, -0.05) is 26.0 Å². The average Bonchev–Trinajstić information content (AvgIpc) is 2.65. The van der Waals surface area contributed by atoms with E-state index in [0.717, 1.165) is 24.3 Å². The number of nitrogens with zero attached hydrogens (tertiary/aromatic N) is 1. The van der Waals surface area contributed by atoms with Crippen molar-refractivity contribution in [3.63, 3.8) is 0 Å². The molecule has 4 nitrogen and oxygen atoms in total. The fraction of sp³-hybridized carbons (Fsp3) is 0.533. The quantitative estimate of drug-likeness (QED) is 0.778. The zero-order valence-corrected chi connectivity index (χ0v) is 12.0. The van der Waals surface area contributed by atoms with Crippen LogP contribution in [0.5, 0.6) is 0 Å². The van der Waals surface area contributed by atoms with Crippen LogP contribution in [0.3, 0.4) is 0 Å². The van der Waals surface area contributed by atoms with Crippen molar-refractivity contribution in [1.82, 2.24) is 5.32 Å². The van der Waals surface area contributed by atoms with Crippen LogP contribution in [-0.4, -0.2) is 32.6 Å². The highest BCUT2D eigenvalue weighted by molar-refractivity contribution is 6.00. The maximum absolute atomic E-state index is 11.7. The van der Waals surface area contributed by atoms with Gasteiger partial charge in [0, 0.05) is 37.8 Å². The zero-order valence-electron chi connectivity index (χ0n) is 12.0. The molecular weight excluding hydrogens is 238 g/mol. The second-order valence-electron chi connectivity index (χ2n) is 5.82. The Labute approximate surface area is 115 Å². The zero-order chi connectivity index (χ0) is 14.0. The molecule has 0 aromatic heterocycles. The number of benzene rings is 1. The van der Waals surface area contributed by atoms with Crippen molar-refractivity contribution in [2.75, 3.05) is 31.6 Å². The Morgan fingerprint density at radius 1 is 1.42 bits per heavy atom. The van der Waals surface area contributed by atoms with Gasteiger partial charge in [0.25, 0.3) is 0 Å². The van der Waals surface area contributed by atoms with Crippen molar-refractivity contribution >= 4 is 11.6 Å². The third-order valence-corrected chi connectivity index (χ3v) is 3.83. The number of carbonyl (C=O) groups excluding carboxylic acids is 1. The summed E-state index contributed by atoms with van der Waals surface area (Å²) in [7, 11) is 1.84. The molecule has 0 saturated carbocycles. The van der Waals surface area contributed by atoms with E-state index in [0.29, 0.717) is 13.0 Å². The number of nitrogens with two attached hydrogens (primary N) is 1. The van der Waals surface area contributed by atoms with E-state index in [9.17, 15) is 4.79 Å². The van der Waals surface area contributed by atoms with Crippen LogP contribution in [-0.2, 0) is 16.6 Å². The van der Waals surface area contributed by atoms with Crippen LogP contribution in [0, 0.1) is 0 Å². The summed E-state index contributed by atoms with van der Waals surface area (Å²) >= 11 is 0. The molecular formula is C15H23N3O. The van der Waals surface area contributed by atoms with Crippen LogP contribution in [0.15, 0.2) is 18.2 Å². The van der Waals surface area contributed by atoms with Crippen molar-refractivity contribution in [2.45, 2.75) is 25.7 Å². The number of anilines is 1. The van der Waals surface area contributed by atoms with Gasteiger partial charge in [0.05, 0.1) is 6.42 Å². The van der Waals surface area contributed by atoms with Gasteiger partial charge in [0.15, 0.2) is 0 Å². The molecule has 0 saturated heterocycles. The van der Waals surface area contributed by atoms with E-state index < -0.39 is 0 Å². The molecule has 0 spiro atoms. The largest absolute Gasteiger partial charge is 0.329 e. The summed E-state index contributed by atoms with van der Waals surface area (Å²) in [6.07, 6.45) is 0.520. The van der Waals surface area contributed by atoms with E-state index in [2.05, 4.69) is 37.4 Å². The van der Waals surface area contributed by atoms with Crippen LogP contribution < -0.4 is 16.0 Å². The van der Waals surface area contributed by atoms with Crippen molar-refractivity contribution in [2.24, 2.45) is 5.73 Å². The molecule has 4 heteroatoms. The van der Waals surface area contributed by atoms with Gasteiger partial charge in [-0.05, 0) is 17.2 Å². The van der Waals surface area contributed by atoms with E-state index in [4.69, 9.17) is 5.73 Å². The number of hydrogen-bond donors (Lipinski definition) is 2. The molecule has 1 amide bonds. The molecule has 0 bridgehead atoms. The summed E-state index contributed by atoms with van der Waals surface area (Å²) in [6, 6.07) is 6.35. The van der Waals surface area contributed by atoms with Crippen LogP contribution in [0.4, 0.5) is 5.69 Å². The van der Waals surface area contributed by atoms with Crippen molar-refractivity contribution in [3.05, 3.63) is 29.3 Å². The Balaban J connectivity index is 2.18. The summed E-state index contributed by atoms with van der Waals surface area (Å²) in [5.41, 5.74) is 8.97. The molecule has 19 heavy (non-hydrogen) atoms. The Morgan fingerprint density at radius 3 is 2.84 bits per heavy atom.